The first kappa shape index (κ1) is 22.2. The summed E-state index contributed by atoms with van der Waals surface area (Å²) in [5.74, 6) is 0.0837. The van der Waals surface area contributed by atoms with Crippen molar-refractivity contribution in [1.82, 2.24) is 15.2 Å². The molecule has 1 aromatic heterocycles. The highest BCUT2D eigenvalue weighted by atomic mass is 16.5. The van der Waals surface area contributed by atoms with Gasteiger partial charge in [0.15, 0.2) is 5.58 Å². The maximum atomic E-state index is 12.6. The first-order valence-corrected chi connectivity index (χ1v) is 11.4. The molecule has 1 saturated heterocycles. The van der Waals surface area contributed by atoms with E-state index in [9.17, 15) is 14.9 Å². The largest absolute Gasteiger partial charge is 0.493 e. The van der Waals surface area contributed by atoms with Crippen LogP contribution in [0.5, 0.6) is 5.75 Å². The Bertz CT molecular complexity index is 1330. The zero-order valence-corrected chi connectivity index (χ0v) is 18.9. The topological polar surface area (TPSA) is 119 Å². The number of amides is 1. The number of carbonyl (C=O) groups excluding carboxylic acids is 1. The number of hydrogen-bond donors (Lipinski definition) is 2. The van der Waals surface area contributed by atoms with Crippen molar-refractivity contribution in [3.63, 3.8) is 0 Å². The fourth-order valence-electron chi connectivity index (χ4n) is 4.58. The van der Waals surface area contributed by atoms with Crippen LogP contribution < -0.4 is 21.1 Å². The first-order valence-electron chi connectivity index (χ1n) is 11.4. The van der Waals surface area contributed by atoms with E-state index in [4.69, 9.17) is 13.9 Å². The molecule has 2 N–H and O–H groups in total. The molecule has 0 aliphatic carbocycles. The molecule has 1 amide bonds. The van der Waals surface area contributed by atoms with E-state index in [1.165, 1.54) is 4.57 Å². The number of oxazole rings is 1. The summed E-state index contributed by atoms with van der Waals surface area (Å²) in [5, 5.41) is 15.7. The van der Waals surface area contributed by atoms with Crippen molar-refractivity contribution in [2.24, 2.45) is 7.05 Å². The van der Waals surface area contributed by atoms with Gasteiger partial charge in [0.1, 0.15) is 17.9 Å². The third kappa shape index (κ3) is 4.18. The van der Waals surface area contributed by atoms with E-state index in [1.54, 1.807) is 13.1 Å². The van der Waals surface area contributed by atoms with Gasteiger partial charge in [0.25, 0.3) is 5.91 Å². The maximum absolute atomic E-state index is 12.6. The third-order valence-corrected chi connectivity index (χ3v) is 6.38. The number of hydrogen-bond acceptors (Lipinski definition) is 7. The van der Waals surface area contributed by atoms with E-state index in [0.717, 1.165) is 52.9 Å². The summed E-state index contributed by atoms with van der Waals surface area (Å²) in [6, 6.07) is 11.1. The molecule has 3 aromatic rings. The number of fused-ring (bicyclic) bond motifs is 2. The van der Waals surface area contributed by atoms with Crippen LogP contribution in [0, 0.1) is 11.3 Å². The van der Waals surface area contributed by atoms with Gasteiger partial charge in [0.05, 0.1) is 18.2 Å². The summed E-state index contributed by atoms with van der Waals surface area (Å²) in [6.07, 6.45) is 1.33. The van der Waals surface area contributed by atoms with Crippen LogP contribution in [-0.2, 0) is 29.4 Å². The van der Waals surface area contributed by atoms with Crippen molar-refractivity contribution >= 4 is 17.0 Å². The number of nitrogens with one attached hydrogen (secondary N) is 2. The van der Waals surface area contributed by atoms with Crippen molar-refractivity contribution in [2.45, 2.75) is 31.4 Å². The van der Waals surface area contributed by atoms with Crippen LogP contribution in [0.1, 0.15) is 17.5 Å². The summed E-state index contributed by atoms with van der Waals surface area (Å²) in [5.41, 5.74) is 5.18. The zero-order chi connectivity index (χ0) is 23.7. The molecule has 0 bridgehead atoms. The lowest BCUT2D eigenvalue weighted by Crippen LogP contribution is -2.46. The number of ether oxygens (including phenoxy) is 2. The second-order valence-electron chi connectivity index (χ2n) is 8.60. The van der Waals surface area contributed by atoms with Crippen LogP contribution in [0.15, 0.2) is 39.5 Å². The summed E-state index contributed by atoms with van der Waals surface area (Å²) in [4.78, 5) is 24.5. The van der Waals surface area contributed by atoms with Crippen LogP contribution in [-0.4, -0.2) is 48.9 Å². The van der Waals surface area contributed by atoms with Gasteiger partial charge in [-0.05, 0) is 41.8 Å². The predicted molar refractivity (Wildman–Crippen MR) is 125 cm³/mol. The van der Waals surface area contributed by atoms with E-state index in [0.29, 0.717) is 31.8 Å². The minimum Gasteiger partial charge on any atom is -0.493 e. The van der Waals surface area contributed by atoms with E-state index in [-0.39, 0.29) is 5.91 Å². The van der Waals surface area contributed by atoms with Crippen molar-refractivity contribution in [1.29, 1.82) is 5.26 Å². The minimum absolute atomic E-state index is 0.283. The predicted octanol–water partition coefficient (Wildman–Crippen LogP) is 1.66. The van der Waals surface area contributed by atoms with Gasteiger partial charge in [0, 0.05) is 38.6 Å². The molecule has 5 rings (SSSR count). The van der Waals surface area contributed by atoms with Crippen LogP contribution in [0.25, 0.3) is 22.2 Å². The number of carbonyl (C=O) groups is 1. The summed E-state index contributed by atoms with van der Waals surface area (Å²) >= 11 is 0. The quantitative estimate of drug-likeness (QED) is 0.592. The summed E-state index contributed by atoms with van der Waals surface area (Å²) in [6.45, 7) is 2.32. The van der Waals surface area contributed by atoms with Gasteiger partial charge in [-0.1, -0.05) is 18.2 Å². The molecule has 0 radical (unpaired) electrons. The molecule has 34 heavy (non-hydrogen) atoms. The molecule has 3 heterocycles. The molecule has 2 aliphatic heterocycles. The standard InChI is InChI=1S/C25H26N4O5/c1-29-20-12-15(4-6-21(20)34-25(29)31)18-5-3-16(23-19(18)7-10-33-23)11-17(13-26)28-24(30)22-14-27-8-2-9-32-22/h3-6,12,17,22,27H,2,7-11,14H2,1H3,(H,28,30)/t17-,22?/m0/s1. The highest BCUT2D eigenvalue weighted by Gasteiger charge is 2.26. The molecule has 9 nitrogen and oxygen atoms in total. The molecule has 2 atom stereocenters. The van der Waals surface area contributed by atoms with E-state index in [1.807, 2.05) is 24.3 Å². The Hall–Kier alpha value is -3.61. The Balaban J connectivity index is 1.39. The van der Waals surface area contributed by atoms with Crippen LogP contribution in [0.3, 0.4) is 0 Å². The molecule has 9 heteroatoms. The number of benzene rings is 2. The molecule has 176 valence electrons. The SMILES string of the molecule is Cn1c(=O)oc2ccc(-c3ccc(C[C@@H](C#N)NC(=O)C4CNCCCO4)c4c3CCO4)cc21. The molecular weight excluding hydrogens is 436 g/mol. The molecule has 2 aliphatic rings. The number of rotatable bonds is 5. The van der Waals surface area contributed by atoms with Crippen LogP contribution in [0.2, 0.25) is 0 Å². The highest BCUT2D eigenvalue weighted by molar-refractivity contribution is 5.83. The average Bonchev–Trinajstić information content (AvgIpc) is 3.32. The van der Waals surface area contributed by atoms with Gasteiger partial charge in [-0.2, -0.15) is 5.26 Å². The van der Waals surface area contributed by atoms with Gasteiger partial charge < -0.3 is 24.5 Å². The molecular formula is C25H26N4O5. The van der Waals surface area contributed by atoms with Gasteiger partial charge in [-0.15, -0.1) is 0 Å². The number of nitrogens with zero attached hydrogens (tertiary/aromatic N) is 2. The van der Waals surface area contributed by atoms with Crippen molar-refractivity contribution < 1.29 is 18.7 Å². The Labute approximate surface area is 196 Å². The number of nitriles is 1. The lowest BCUT2D eigenvalue weighted by Gasteiger charge is -2.19. The van der Waals surface area contributed by atoms with Crippen molar-refractivity contribution in [3.05, 3.63) is 52.0 Å². The maximum Gasteiger partial charge on any atom is 0.419 e. The van der Waals surface area contributed by atoms with Crippen molar-refractivity contribution in [2.75, 3.05) is 26.3 Å². The average molecular weight is 463 g/mol. The lowest BCUT2D eigenvalue weighted by molar-refractivity contribution is -0.132. The van der Waals surface area contributed by atoms with Crippen LogP contribution >= 0.6 is 0 Å². The molecule has 0 spiro atoms. The summed E-state index contributed by atoms with van der Waals surface area (Å²) < 4.78 is 18.3. The smallest absolute Gasteiger partial charge is 0.419 e. The minimum atomic E-state index is -0.699. The monoisotopic (exact) mass is 462 g/mol. The van der Waals surface area contributed by atoms with Gasteiger partial charge in [-0.3, -0.25) is 9.36 Å². The Kier molecular flexibility index (Phi) is 6.09. The molecule has 0 saturated carbocycles. The van der Waals surface area contributed by atoms with E-state index >= 15 is 0 Å². The van der Waals surface area contributed by atoms with Gasteiger partial charge >= 0.3 is 5.76 Å². The molecule has 2 aromatic carbocycles. The van der Waals surface area contributed by atoms with Gasteiger partial charge in [-0.25, -0.2) is 4.79 Å². The second-order valence-corrected chi connectivity index (χ2v) is 8.60. The summed E-state index contributed by atoms with van der Waals surface area (Å²) in [7, 11) is 1.68. The highest BCUT2D eigenvalue weighted by Crippen LogP contribution is 2.39. The lowest BCUT2D eigenvalue weighted by atomic mass is 9.93. The zero-order valence-electron chi connectivity index (χ0n) is 18.9. The van der Waals surface area contributed by atoms with Gasteiger partial charge in [0.2, 0.25) is 0 Å². The Morgan fingerprint density at radius 2 is 2.21 bits per heavy atom. The fraction of sp³-hybridized carbons (Fsp3) is 0.400. The normalized spacial score (nSPS) is 18.5. The number of aryl methyl sites for hydroxylation is 1. The van der Waals surface area contributed by atoms with E-state index in [2.05, 4.69) is 16.7 Å². The molecule has 1 unspecified atom stereocenters. The fourth-order valence-corrected chi connectivity index (χ4v) is 4.58. The third-order valence-electron chi connectivity index (χ3n) is 6.38. The molecule has 1 fully saturated rings. The number of aromatic nitrogens is 1. The Morgan fingerprint density at radius 1 is 1.32 bits per heavy atom. The van der Waals surface area contributed by atoms with E-state index < -0.39 is 17.9 Å². The van der Waals surface area contributed by atoms with Crippen LogP contribution in [0.4, 0.5) is 0 Å². The first-order chi connectivity index (χ1) is 16.5. The van der Waals surface area contributed by atoms with Crippen molar-refractivity contribution in [3.8, 4) is 22.9 Å². The second kappa shape index (κ2) is 9.33. The Morgan fingerprint density at radius 3 is 3.06 bits per heavy atom.